The summed E-state index contributed by atoms with van der Waals surface area (Å²) >= 11 is 5.75. The van der Waals surface area contributed by atoms with Crippen LogP contribution in [0.4, 0.5) is 8.78 Å². The first-order valence-corrected chi connectivity index (χ1v) is 7.88. The summed E-state index contributed by atoms with van der Waals surface area (Å²) in [6.45, 7) is 1.57. The first-order chi connectivity index (χ1) is 9.79. The highest BCUT2D eigenvalue weighted by atomic mass is 35.5. The molecule has 0 aromatic heterocycles. The summed E-state index contributed by atoms with van der Waals surface area (Å²) < 4.78 is 52.9. The highest BCUT2D eigenvalue weighted by molar-refractivity contribution is 7.89. The monoisotopic (exact) mass is 331 g/mol. The molecule has 2 rings (SSSR count). The average molecular weight is 332 g/mol. The van der Waals surface area contributed by atoms with Crippen LogP contribution in [0.5, 0.6) is 0 Å². The van der Waals surface area contributed by atoms with Gasteiger partial charge in [0.25, 0.3) is 0 Å². The highest BCUT2D eigenvalue weighted by Gasteiger charge is 2.21. The molecular weight excluding hydrogens is 320 g/mol. The molecule has 0 radical (unpaired) electrons. The van der Waals surface area contributed by atoms with Gasteiger partial charge in [-0.25, -0.2) is 21.9 Å². The lowest BCUT2D eigenvalue weighted by atomic mass is 10.1. The molecule has 0 amide bonds. The first-order valence-electron chi connectivity index (χ1n) is 6.02. The minimum Gasteiger partial charge on any atom is -0.207 e. The predicted molar refractivity (Wildman–Crippen MR) is 76.5 cm³/mol. The zero-order chi connectivity index (χ0) is 15.6. The summed E-state index contributed by atoms with van der Waals surface area (Å²) in [7, 11) is -3.94. The van der Waals surface area contributed by atoms with Gasteiger partial charge in [-0.3, -0.25) is 0 Å². The van der Waals surface area contributed by atoms with Gasteiger partial charge in [-0.15, -0.1) is 0 Å². The fourth-order valence-electron chi connectivity index (χ4n) is 1.83. The summed E-state index contributed by atoms with van der Waals surface area (Å²) in [5.74, 6) is -1.09. The number of benzene rings is 2. The van der Waals surface area contributed by atoms with E-state index in [2.05, 4.69) is 4.72 Å². The summed E-state index contributed by atoms with van der Waals surface area (Å²) in [5, 5.41) is -0.214. The van der Waals surface area contributed by atoms with Crippen LogP contribution in [0.15, 0.2) is 47.4 Å². The Morgan fingerprint density at radius 3 is 2.38 bits per heavy atom. The Morgan fingerprint density at radius 1 is 1.10 bits per heavy atom. The average Bonchev–Trinajstić information content (AvgIpc) is 2.37. The van der Waals surface area contributed by atoms with Crippen LogP contribution in [0.25, 0.3) is 0 Å². The number of hydrogen-bond donors (Lipinski definition) is 1. The molecule has 0 bridgehead atoms. The first kappa shape index (κ1) is 15.9. The fraction of sp³-hybridized carbons (Fsp3) is 0.143. The maximum Gasteiger partial charge on any atom is 0.242 e. The van der Waals surface area contributed by atoms with E-state index < -0.39 is 27.7 Å². The zero-order valence-electron chi connectivity index (χ0n) is 11.0. The van der Waals surface area contributed by atoms with Crippen molar-refractivity contribution in [3.8, 4) is 0 Å². The molecule has 1 N–H and O–H groups in total. The van der Waals surface area contributed by atoms with Crippen LogP contribution in [0, 0.1) is 11.6 Å². The third-order valence-corrected chi connectivity index (χ3v) is 4.89. The van der Waals surface area contributed by atoms with Crippen molar-refractivity contribution in [1.82, 2.24) is 4.72 Å². The second-order valence-corrected chi connectivity index (χ2v) is 6.56. The van der Waals surface area contributed by atoms with Crippen LogP contribution in [0.3, 0.4) is 0 Å². The number of sulfonamides is 1. The van der Waals surface area contributed by atoms with Crippen molar-refractivity contribution >= 4 is 21.6 Å². The Bertz CT molecular complexity index is 765. The van der Waals surface area contributed by atoms with Crippen LogP contribution in [-0.2, 0) is 10.0 Å². The van der Waals surface area contributed by atoms with Gasteiger partial charge in [-0.2, -0.15) is 0 Å². The molecular formula is C14H12ClF2NO2S. The molecule has 0 aliphatic heterocycles. The third-order valence-electron chi connectivity index (χ3n) is 2.86. The van der Waals surface area contributed by atoms with Gasteiger partial charge in [0.15, 0.2) is 0 Å². The van der Waals surface area contributed by atoms with Crippen molar-refractivity contribution in [1.29, 1.82) is 0 Å². The number of rotatable bonds is 4. The molecule has 0 fully saturated rings. The molecule has 2 aromatic carbocycles. The molecule has 0 unspecified atom stereocenters. The van der Waals surface area contributed by atoms with E-state index in [0.29, 0.717) is 5.56 Å². The maximum atomic E-state index is 13.2. The zero-order valence-corrected chi connectivity index (χ0v) is 12.5. The SMILES string of the molecule is C[C@H](NS(=O)(=O)c1ccc(F)cc1Cl)c1cccc(F)c1. The Kier molecular flexibility index (Phi) is 4.61. The topological polar surface area (TPSA) is 46.2 Å². The molecule has 7 heteroatoms. The number of hydrogen-bond acceptors (Lipinski definition) is 2. The van der Waals surface area contributed by atoms with E-state index in [1.54, 1.807) is 13.0 Å². The van der Waals surface area contributed by atoms with Crippen molar-refractivity contribution in [3.63, 3.8) is 0 Å². The van der Waals surface area contributed by atoms with Gasteiger partial charge in [0.05, 0.1) is 5.02 Å². The van der Waals surface area contributed by atoms with E-state index in [1.807, 2.05) is 0 Å². The number of halogens is 3. The molecule has 0 aliphatic carbocycles. The molecule has 112 valence electrons. The second-order valence-electron chi connectivity index (χ2n) is 4.47. The van der Waals surface area contributed by atoms with Gasteiger partial charge in [0.2, 0.25) is 10.0 Å². The lowest BCUT2D eigenvalue weighted by molar-refractivity contribution is 0.564. The molecule has 3 nitrogen and oxygen atoms in total. The van der Waals surface area contributed by atoms with Crippen molar-refractivity contribution < 1.29 is 17.2 Å². The van der Waals surface area contributed by atoms with Crippen molar-refractivity contribution in [2.45, 2.75) is 17.9 Å². The van der Waals surface area contributed by atoms with Crippen LogP contribution in [-0.4, -0.2) is 8.42 Å². The van der Waals surface area contributed by atoms with Gasteiger partial charge in [0, 0.05) is 6.04 Å². The van der Waals surface area contributed by atoms with Crippen LogP contribution in [0.1, 0.15) is 18.5 Å². The van der Waals surface area contributed by atoms with Crippen LogP contribution >= 0.6 is 11.6 Å². The molecule has 0 aliphatic rings. The molecule has 2 aromatic rings. The van der Waals surface area contributed by atoms with Gasteiger partial charge in [-0.05, 0) is 42.8 Å². The molecule has 1 atom stereocenters. The van der Waals surface area contributed by atoms with Gasteiger partial charge < -0.3 is 0 Å². The second kappa shape index (κ2) is 6.09. The Balaban J connectivity index is 2.29. The van der Waals surface area contributed by atoms with E-state index in [1.165, 1.54) is 18.2 Å². The molecule has 0 saturated carbocycles. The normalized spacial score (nSPS) is 13.1. The van der Waals surface area contributed by atoms with Crippen LogP contribution in [0.2, 0.25) is 5.02 Å². The fourth-order valence-corrected chi connectivity index (χ4v) is 3.60. The lowest BCUT2D eigenvalue weighted by Crippen LogP contribution is -2.27. The summed E-state index contributed by atoms with van der Waals surface area (Å²) in [4.78, 5) is -0.228. The smallest absolute Gasteiger partial charge is 0.207 e. The quantitative estimate of drug-likeness (QED) is 0.929. The lowest BCUT2D eigenvalue weighted by Gasteiger charge is -2.15. The molecule has 21 heavy (non-hydrogen) atoms. The van der Waals surface area contributed by atoms with E-state index in [9.17, 15) is 17.2 Å². The van der Waals surface area contributed by atoms with Crippen molar-refractivity contribution in [3.05, 3.63) is 64.7 Å². The van der Waals surface area contributed by atoms with Gasteiger partial charge in [0.1, 0.15) is 16.5 Å². The third kappa shape index (κ3) is 3.78. The maximum absolute atomic E-state index is 13.2. The van der Waals surface area contributed by atoms with Crippen molar-refractivity contribution in [2.24, 2.45) is 0 Å². The molecule has 0 heterocycles. The Morgan fingerprint density at radius 2 is 1.76 bits per heavy atom. The minimum absolute atomic E-state index is 0.214. The largest absolute Gasteiger partial charge is 0.242 e. The van der Waals surface area contributed by atoms with Gasteiger partial charge >= 0.3 is 0 Å². The Hall–Kier alpha value is -1.50. The minimum atomic E-state index is -3.94. The standard InChI is InChI=1S/C14H12ClF2NO2S/c1-9(10-3-2-4-11(16)7-10)18-21(19,20)14-6-5-12(17)8-13(14)15/h2-9,18H,1H3/t9-/m0/s1. The van der Waals surface area contributed by atoms with E-state index in [4.69, 9.17) is 11.6 Å². The van der Waals surface area contributed by atoms with Crippen LogP contribution < -0.4 is 4.72 Å². The number of nitrogens with one attached hydrogen (secondary N) is 1. The Labute approximate surface area is 126 Å². The highest BCUT2D eigenvalue weighted by Crippen LogP contribution is 2.24. The summed E-state index contributed by atoms with van der Waals surface area (Å²) in [5.41, 5.74) is 0.469. The summed E-state index contributed by atoms with van der Waals surface area (Å²) in [6, 6.07) is 7.94. The predicted octanol–water partition coefficient (Wildman–Crippen LogP) is 3.66. The summed E-state index contributed by atoms with van der Waals surface area (Å²) in [6.07, 6.45) is 0. The van der Waals surface area contributed by atoms with E-state index in [-0.39, 0.29) is 9.92 Å². The van der Waals surface area contributed by atoms with Crippen molar-refractivity contribution in [2.75, 3.05) is 0 Å². The van der Waals surface area contributed by atoms with E-state index >= 15 is 0 Å². The molecule has 0 spiro atoms. The molecule has 0 saturated heterocycles. The van der Waals surface area contributed by atoms with E-state index in [0.717, 1.165) is 18.2 Å². The van der Waals surface area contributed by atoms with Gasteiger partial charge in [-0.1, -0.05) is 23.7 Å².